The van der Waals surface area contributed by atoms with Gasteiger partial charge in [-0.15, -0.1) is 0 Å². The van der Waals surface area contributed by atoms with Crippen molar-refractivity contribution in [3.63, 3.8) is 0 Å². The molecular weight excluding hydrogens is 1360 g/mol. The number of ether oxygens (including phenoxy) is 11. The first-order valence-corrected chi connectivity index (χ1v) is 34.6. The molecule has 9 N–H and O–H groups in total. The van der Waals surface area contributed by atoms with Crippen molar-refractivity contribution < 1.29 is 57.2 Å². The molecule has 0 amide bonds. The lowest BCUT2D eigenvalue weighted by molar-refractivity contribution is -0.141. The van der Waals surface area contributed by atoms with Gasteiger partial charge in [-0.25, -0.2) is 28.8 Å². The van der Waals surface area contributed by atoms with Gasteiger partial charge >= 0.3 is 34.1 Å². The Morgan fingerprint density at radius 1 is 0.330 bits per heavy atom. The van der Waals surface area contributed by atoms with Crippen molar-refractivity contribution in [1.29, 1.82) is 0 Å². The van der Waals surface area contributed by atoms with Gasteiger partial charge < -0.3 is 62.9 Å². The molecule has 6 aliphatic rings. The van der Waals surface area contributed by atoms with E-state index < -0.39 is 178 Å². The molecule has 103 heavy (non-hydrogen) atoms. The maximum Gasteiger partial charge on any atom is 0.330 e. The van der Waals surface area contributed by atoms with Crippen LogP contribution in [-0.4, -0.2) is 175 Å². The average Bonchev–Trinajstić information content (AvgIpc) is 1.67. The number of aliphatic hydroxyl groups is 1. The summed E-state index contributed by atoms with van der Waals surface area (Å²) in [6.07, 6.45) is -3.29. The lowest BCUT2D eigenvalue weighted by atomic mass is 10.0. The molecule has 560 valence electrons. The number of rotatable bonds is 28. The van der Waals surface area contributed by atoms with Crippen LogP contribution in [0.2, 0.25) is 0 Å². The second-order valence-corrected chi connectivity index (χ2v) is 27.3. The summed E-state index contributed by atoms with van der Waals surface area (Å²) < 4.78 is 79.9. The summed E-state index contributed by atoms with van der Waals surface area (Å²) in [6.45, 7) is 8.60. The first-order chi connectivity index (χ1) is 49.3. The molecule has 6 aliphatic heterocycles. The van der Waals surface area contributed by atoms with Crippen LogP contribution < -0.4 is 73.2 Å². The molecule has 6 saturated heterocycles. The van der Waals surface area contributed by atoms with Gasteiger partial charge in [0.1, 0.15) is 67.9 Å². The van der Waals surface area contributed by atoms with Gasteiger partial charge in [0.2, 0.25) is 0 Å². The number of hydrogen-bond donors (Lipinski definition) is 8. The highest BCUT2D eigenvalue weighted by Crippen LogP contribution is 2.40. The minimum atomic E-state index is -1.14. The Labute approximate surface area is 582 Å². The molecular formula is C66H87N13O24. The van der Waals surface area contributed by atoms with E-state index in [1.807, 2.05) is 0 Å². The van der Waals surface area contributed by atoms with Crippen LogP contribution in [0.25, 0.3) is 0 Å². The summed E-state index contributed by atoms with van der Waals surface area (Å²) in [6, 6.07) is 0. The Morgan fingerprint density at radius 2 is 0.544 bits per heavy atom. The third-order valence-corrected chi connectivity index (χ3v) is 19.9. The molecule has 6 fully saturated rings. The maximum absolute atomic E-state index is 13.6. The van der Waals surface area contributed by atoms with E-state index in [0.717, 1.165) is 32.1 Å². The van der Waals surface area contributed by atoms with Gasteiger partial charge in [-0.1, -0.05) is 25.7 Å². The van der Waals surface area contributed by atoms with Crippen molar-refractivity contribution in [2.24, 2.45) is 5.73 Å². The fourth-order valence-corrected chi connectivity index (χ4v) is 14.0. The molecule has 0 saturated carbocycles. The van der Waals surface area contributed by atoms with E-state index in [4.69, 9.17) is 57.8 Å². The van der Waals surface area contributed by atoms with Crippen LogP contribution in [0.15, 0.2) is 94.7 Å². The fraction of sp³-hybridized carbons (Fsp3) is 0.636. The zero-order valence-corrected chi connectivity index (χ0v) is 57.7. The number of nitrogens with zero attached hydrogens (tertiary/aromatic N) is 6. The SMILES string of the molecule is Cc1cn([C@H]2C[C@H](OC[C@H]3O[C@@H](n4cc(C)c(=O)[nH]c4=O)C[C@@H]3OC[C@H]3O[C@@H](n4cc(C)c(=O)[nH]c4=O)C[C@@H]3OC[C@H]3O[C@@H](n4cc(C)c(=O)[nH]c4=O)C[C@@H]3OC[C@H]3O[C@@H](n4cc(C)c(=O)[nH]c4=O)C[C@@H]3OC[C@H]3O[C@@H](n4cc(C)c(=O)[nH]c4=O)C[C@@H]3O)[C@@H](CCCCCCCN)O2)c(=O)[nH]c1=O. The molecule has 6 aromatic heterocycles. The van der Waals surface area contributed by atoms with Crippen molar-refractivity contribution in [3.05, 3.63) is 196 Å². The number of unbranched alkanes of at least 4 members (excludes halogenated alkanes) is 4. The van der Waals surface area contributed by atoms with E-state index in [1.165, 1.54) is 99.2 Å². The summed E-state index contributed by atoms with van der Waals surface area (Å²) >= 11 is 0. The van der Waals surface area contributed by atoms with Gasteiger partial charge in [-0.05, 0) is 60.9 Å². The molecule has 0 aliphatic carbocycles. The van der Waals surface area contributed by atoms with Gasteiger partial charge in [0.15, 0.2) is 0 Å². The van der Waals surface area contributed by atoms with Crippen LogP contribution in [0.3, 0.4) is 0 Å². The predicted molar refractivity (Wildman–Crippen MR) is 359 cm³/mol. The summed E-state index contributed by atoms with van der Waals surface area (Å²) in [5.74, 6) is 0. The number of aryl methyl sites for hydroxylation is 6. The number of H-pyrrole nitrogens is 6. The van der Waals surface area contributed by atoms with Gasteiger partial charge in [0.05, 0.1) is 75.8 Å². The number of aromatic amines is 6. The van der Waals surface area contributed by atoms with Crippen LogP contribution in [0.1, 0.15) is 148 Å². The second-order valence-electron chi connectivity index (χ2n) is 27.3. The highest BCUT2D eigenvalue weighted by atomic mass is 16.6. The number of aromatic nitrogens is 12. The average molecular weight is 1450 g/mol. The van der Waals surface area contributed by atoms with Gasteiger partial charge in [0.25, 0.3) is 33.4 Å². The molecule has 0 radical (unpaired) electrons. The zero-order valence-electron chi connectivity index (χ0n) is 57.7. The van der Waals surface area contributed by atoms with E-state index in [2.05, 4.69) is 29.9 Å². The second kappa shape index (κ2) is 31.9. The monoisotopic (exact) mass is 1450 g/mol. The molecule has 0 unspecified atom stereocenters. The Bertz CT molecular complexity index is 4810. The Balaban J connectivity index is 0.796. The van der Waals surface area contributed by atoms with Crippen LogP contribution in [0, 0.1) is 41.5 Å². The van der Waals surface area contributed by atoms with Crippen molar-refractivity contribution in [2.45, 2.75) is 229 Å². The molecule has 12 rings (SSSR count). The Kier molecular flexibility index (Phi) is 23.0. The van der Waals surface area contributed by atoms with Crippen LogP contribution in [-0.2, 0) is 52.1 Å². The Hall–Kier alpha value is -8.44. The van der Waals surface area contributed by atoms with Gasteiger partial charge in [-0.2, -0.15) is 0 Å². The number of hydrogen-bond acceptors (Lipinski definition) is 25. The maximum atomic E-state index is 13.6. The van der Waals surface area contributed by atoms with Crippen LogP contribution in [0.4, 0.5) is 0 Å². The van der Waals surface area contributed by atoms with Crippen LogP contribution in [0.5, 0.6) is 0 Å². The lowest BCUT2D eigenvalue weighted by Gasteiger charge is -2.27. The molecule has 0 aromatic carbocycles. The van der Waals surface area contributed by atoms with Crippen molar-refractivity contribution >= 4 is 0 Å². The molecule has 37 heteroatoms. The van der Waals surface area contributed by atoms with E-state index in [9.17, 15) is 62.6 Å². The quantitative estimate of drug-likeness (QED) is 0.0258. The minimum absolute atomic E-state index is 0.0131. The minimum Gasteiger partial charge on any atom is -0.390 e. The summed E-state index contributed by atoms with van der Waals surface area (Å²) in [5, 5.41) is 11.2. The van der Waals surface area contributed by atoms with Crippen molar-refractivity contribution in [2.75, 3.05) is 39.6 Å². The lowest BCUT2D eigenvalue weighted by Crippen LogP contribution is -2.39. The third-order valence-electron chi connectivity index (χ3n) is 19.9. The molecule has 18 atom stereocenters. The van der Waals surface area contributed by atoms with Crippen molar-refractivity contribution in [3.8, 4) is 0 Å². The highest BCUT2D eigenvalue weighted by Gasteiger charge is 2.48. The summed E-state index contributed by atoms with van der Waals surface area (Å²) in [5.41, 5.74) is -0.857. The Morgan fingerprint density at radius 3 is 0.816 bits per heavy atom. The molecule has 12 heterocycles. The largest absolute Gasteiger partial charge is 0.390 e. The van der Waals surface area contributed by atoms with E-state index in [1.54, 1.807) is 6.92 Å². The molecule has 0 bridgehead atoms. The topological polar surface area (TPSA) is 477 Å². The van der Waals surface area contributed by atoms with Gasteiger partial charge in [0, 0.05) is 109 Å². The molecule has 6 aromatic rings. The summed E-state index contributed by atoms with van der Waals surface area (Å²) in [7, 11) is 0. The van der Waals surface area contributed by atoms with E-state index in [0.29, 0.717) is 18.5 Å². The normalized spacial score (nSPS) is 29.2. The first-order valence-electron chi connectivity index (χ1n) is 34.6. The van der Waals surface area contributed by atoms with Gasteiger partial charge in [-0.3, -0.25) is 86.1 Å². The highest BCUT2D eigenvalue weighted by molar-refractivity contribution is 5.08. The molecule has 0 spiro atoms. The zero-order chi connectivity index (χ0) is 73.2. The number of aliphatic hydroxyl groups excluding tert-OH is 1. The third kappa shape index (κ3) is 16.7. The molecule has 37 nitrogen and oxygen atoms in total. The number of nitrogens with two attached hydrogens (primary N) is 1. The van der Waals surface area contributed by atoms with E-state index >= 15 is 0 Å². The predicted octanol–water partition coefficient (Wildman–Crippen LogP) is -1.55. The van der Waals surface area contributed by atoms with Crippen LogP contribution >= 0.6 is 0 Å². The smallest absolute Gasteiger partial charge is 0.330 e. The van der Waals surface area contributed by atoms with E-state index in [-0.39, 0.29) is 99.4 Å². The van der Waals surface area contributed by atoms with Crippen molar-refractivity contribution in [1.82, 2.24) is 57.3 Å². The number of nitrogens with one attached hydrogen (secondary N) is 6. The first kappa shape index (κ1) is 74.3. The standard InChI is InChI=1S/C66H87N13O24/c1-31-20-74(61(87)68-55(31)81)49-14-37(80)44(99-49)26-93-40-16-51(76-22-33(3)57(83)70-63(76)89)101-46(40)28-95-42-18-53(78-24-35(5)59(85)72-65(78)91)103-48(42)30-97-43-19-54(79-25-36(6)60(86)73-66(79)92)102-47(43)29-96-41-17-52(77-23-34(4)58(84)71-64(77)90)100-45(41)27-94-39-15-50(75-21-32(2)56(82)69-62(75)88)98-38(39)12-10-8-7-9-11-13-67/h20-25,37-54,80H,7-19,26-30,67H2,1-6H3,(H,68,81,87)(H,69,82,88)(H,70,83,89)(H,71,84,90)(H,72,85,91)(H,73,86,92)/t37-,38+,39-,40-,41-,42-,43-,44+,45+,46+,47+,48+,49+,50+,51+,52+,53+,54+/m0/s1. The summed E-state index contributed by atoms with van der Waals surface area (Å²) in [4.78, 5) is 169. The fourth-order valence-electron chi connectivity index (χ4n) is 14.0.